The van der Waals surface area contributed by atoms with E-state index >= 15 is 0 Å². The molecule has 1 aromatic carbocycles. The third kappa shape index (κ3) is 3.42. The topological polar surface area (TPSA) is 92.5 Å². The van der Waals surface area contributed by atoms with Gasteiger partial charge >= 0.3 is 0 Å². The molecule has 0 aromatic heterocycles. The molecule has 1 atom stereocenters. The average Bonchev–Trinajstić information content (AvgIpc) is 3.09. The first-order valence-electron chi connectivity index (χ1n) is 8.07. The molecule has 24 heavy (non-hydrogen) atoms. The van der Waals surface area contributed by atoms with Crippen LogP contribution in [0.25, 0.3) is 0 Å². The summed E-state index contributed by atoms with van der Waals surface area (Å²) in [4.78, 5) is 10.2. The summed E-state index contributed by atoms with van der Waals surface area (Å²) in [7, 11) is -3.89. The maximum absolute atomic E-state index is 12.8. The fourth-order valence-corrected chi connectivity index (χ4v) is 5.40. The van der Waals surface area contributed by atoms with E-state index in [9.17, 15) is 18.5 Å². The minimum absolute atomic E-state index is 0.145. The molecule has 2 saturated heterocycles. The van der Waals surface area contributed by atoms with Crippen molar-refractivity contribution >= 4 is 27.3 Å². The second-order valence-electron chi connectivity index (χ2n) is 6.31. The second kappa shape index (κ2) is 6.95. The van der Waals surface area contributed by atoms with Crippen molar-refractivity contribution < 1.29 is 13.3 Å². The molecule has 2 aliphatic rings. The van der Waals surface area contributed by atoms with E-state index in [0.717, 1.165) is 31.9 Å². The Balaban J connectivity index is 1.78. The number of hydrogen-bond donors (Lipinski definition) is 1. The molecule has 2 aliphatic heterocycles. The van der Waals surface area contributed by atoms with Gasteiger partial charge in [-0.1, -0.05) is 11.6 Å². The zero-order chi connectivity index (χ0) is 17.3. The first-order valence-corrected chi connectivity index (χ1v) is 9.89. The SMILES string of the molecule is O=[N+]([O-])c1cc(Cl)ccc1S(=O)(=O)N1CCC(C2CCCN2)CC1. The molecule has 7 nitrogen and oxygen atoms in total. The maximum Gasteiger partial charge on any atom is 0.290 e. The zero-order valence-electron chi connectivity index (χ0n) is 13.2. The molecule has 0 bridgehead atoms. The predicted octanol–water partition coefficient (Wildman–Crippen LogP) is 2.40. The quantitative estimate of drug-likeness (QED) is 0.646. The van der Waals surface area contributed by atoms with Crippen LogP contribution in [0.15, 0.2) is 23.1 Å². The summed E-state index contributed by atoms with van der Waals surface area (Å²) in [6.45, 7) is 1.82. The molecule has 0 aliphatic carbocycles. The molecule has 0 spiro atoms. The van der Waals surface area contributed by atoms with Crippen LogP contribution in [0.4, 0.5) is 5.69 Å². The smallest absolute Gasteiger partial charge is 0.290 e. The van der Waals surface area contributed by atoms with E-state index in [2.05, 4.69) is 5.32 Å². The Hall–Kier alpha value is -1.22. The average molecular weight is 374 g/mol. The molecule has 1 aromatic rings. The number of nitro groups is 1. The predicted molar refractivity (Wildman–Crippen MR) is 90.6 cm³/mol. The number of piperidine rings is 1. The first kappa shape index (κ1) is 17.6. The van der Waals surface area contributed by atoms with Crippen molar-refractivity contribution in [1.29, 1.82) is 0 Å². The van der Waals surface area contributed by atoms with Crippen molar-refractivity contribution in [2.45, 2.75) is 36.6 Å². The number of nitrogens with zero attached hydrogens (tertiary/aromatic N) is 2. The van der Waals surface area contributed by atoms with Crippen molar-refractivity contribution in [3.8, 4) is 0 Å². The molecule has 0 amide bonds. The number of hydrogen-bond acceptors (Lipinski definition) is 5. The van der Waals surface area contributed by atoms with Crippen LogP contribution >= 0.6 is 11.6 Å². The van der Waals surface area contributed by atoms with Crippen LogP contribution < -0.4 is 5.32 Å². The molecule has 1 N–H and O–H groups in total. The van der Waals surface area contributed by atoms with Gasteiger partial charge in [-0.25, -0.2) is 8.42 Å². The minimum atomic E-state index is -3.89. The van der Waals surface area contributed by atoms with Gasteiger partial charge in [0.1, 0.15) is 0 Å². The Morgan fingerprint density at radius 1 is 1.25 bits per heavy atom. The highest BCUT2D eigenvalue weighted by Gasteiger charge is 2.36. The molecule has 0 saturated carbocycles. The van der Waals surface area contributed by atoms with Gasteiger partial charge in [0.25, 0.3) is 5.69 Å². The Bertz CT molecular complexity index is 726. The summed E-state index contributed by atoms with van der Waals surface area (Å²) in [5, 5.41) is 14.8. The summed E-state index contributed by atoms with van der Waals surface area (Å²) < 4.78 is 27.0. The number of benzene rings is 1. The largest absolute Gasteiger partial charge is 0.314 e. The van der Waals surface area contributed by atoms with Crippen LogP contribution in [0.2, 0.25) is 5.02 Å². The molecule has 9 heteroatoms. The third-order valence-corrected chi connectivity index (χ3v) is 7.08. The third-order valence-electron chi connectivity index (χ3n) is 4.90. The monoisotopic (exact) mass is 373 g/mol. The highest BCUT2D eigenvalue weighted by molar-refractivity contribution is 7.89. The maximum atomic E-state index is 12.8. The molecule has 1 unspecified atom stereocenters. The summed E-state index contributed by atoms with van der Waals surface area (Å²) in [6, 6.07) is 4.15. The van der Waals surface area contributed by atoms with Gasteiger partial charge in [-0.15, -0.1) is 0 Å². The van der Waals surface area contributed by atoms with Gasteiger partial charge in [0.2, 0.25) is 10.0 Å². The molecular formula is C15H20ClN3O4S. The lowest BCUT2D eigenvalue weighted by molar-refractivity contribution is -0.387. The van der Waals surface area contributed by atoms with Gasteiger partial charge in [0, 0.05) is 30.2 Å². The highest BCUT2D eigenvalue weighted by Crippen LogP contribution is 2.33. The van der Waals surface area contributed by atoms with Gasteiger partial charge in [-0.3, -0.25) is 10.1 Å². The molecule has 3 rings (SSSR count). The number of sulfonamides is 1. The number of nitrogens with one attached hydrogen (secondary N) is 1. The van der Waals surface area contributed by atoms with Crippen molar-refractivity contribution in [2.24, 2.45) is 5.92 Å². The fourth-order valence-electron chi connectivity index (χ4n) is 3.62. The second-order valence-corrected chi connectivity index (χ2v) is 8.66. The first-order chi connectivity index (χ1) is 11.4. The number of nitro benzene ring substituents is 1. The van der Waals surface area contributed by atoms with Gasteiger partial charge < -0.3 is 5.32 Å². The van der Waals surface area contributed by atoms with E-state index < -0.39 is 20.6 Å². The summed E-state index contributed by atoms with van der Waals surface area (Å²) in [5.41, 5.74) is -0.470. The van der Waals surface area contributed by atoms with Crippen molar-refractivity contribution in [3.05, 3.63) is 33.3 Å². The van der Waals surface area contributed by atoms with Crippen LogP contribution in [-0.2, 0) is 10.0 Å². The lowest BCUT2D eigenvalue weighted by Crippen LogP contribution is -2.43. The zero-order valence-corrected chi connectivity index (χ0v) is 14.7. The van der Waals surface area contributed by atoms with E-state index in [0.29, 0.717) is 25.0 Å². The van der Waals surface area contributed by atoms with E-state index in [1.807, 2.05) is 0 Å². The molecule has 132 valence electrons. The van der Waals surface area contributed by atoms with Crippen molar-refractivity contribution in [3.63, 3.8) is 0 Å². The van der Waals surface area contributed by atoms with E-state index in [4.69, 9.17) is 11.6 Å². The number of halogens is 1. The molecular weight excluding hydrogens is 354 g/mol. The highest BCUT2D eigenvalue weighted by atomic mass is 35.5. The van der Waals surface area contributed by atoms with Gasteiger partial charge in [0.15, 0.2) is 4.90 Å². The number of rotatable bonds is 4. The fraction of sp³-hybridized carbons (Fsp3) is 0.600. The summed E-state index contributed by atoms with van der Waals surface area (Å²) in [6.07, 6.45) is 3.86. The van der Waals surface area contributed by atoms with Crippen LogP contribution in [0.1, 0.15) is 25.7 Å². The summed E-state index contributed by atoms with van der Waals surface area (Å²) in [5.74, 6) is 0.471. The van der Waals surface area contributed by atoms with E-state index in [-0.39, 0.29) is 9.92 Å². The Morgan fingerprint density at radius 2 is 1.96 bits per heavy atom. The Labute approximate surface area is 146 Å². The lowest BCUT2D eigenvalue weighted by atomic mass is 9.89. The van der Waals surface area contributed by atoms with Gasteiger partial charge in [-0.05, 0) is 50.3 Å². The van der Waals surface area contributed by atoms with Gasteiger partial charge in [-0.2, -0.15) is 4.31 Å². The standard InChI is InChI=1S/C15H20ClN3O4S/c16-12-3-4-15(14(10-12)19(20)21)24(22,23)18-8-5-11(6-9-18)13-2-1-7-17-13/h3-4,10-11,13,17H,1-2,5-9H2. The van der Waals surface area contributed by atoms with E-state index in [1.165, 1.54) is 22.9 Å². The molecule has 2 heterocycles. The van der Waals surface area contributed by atoms with Crippen molar-refractivity contribution in [2.75, 3.05) is 19.6 Å². The van der Waals surface area contributed by atoms with Crippen LogP contribution in [0, 0.1) is 16.0 Å². The van der Waals surface area contributed by atoms with Crippen LogP contribution in [-0.4, -0.2) is 43.3 Å². The van der Waals surface area contributed by atoms with Crippen LogP contribution in [0.5, 0.6) is 0 Å². The summed E-state index contributed by atoms with van der Waals surface area (Å²) >= 11 is 5.77. The van der Waals surface area contributed by atoms with Gasteiger partial charge in [0.05, 0.1) is 4.92 Å². The van der Waals surface area contributed by atoms with E-state index in [1.54, 1.807) is 0 Å². The normalized spacial score (nSPS) is 23.5. The van der Waals surface area contributed by atoms with Crippen molar-refractivity contribution in [1.82, 2.24) is 9.62 Å². The lowest BCUT2D eigenvalue weighted by Gasteiger charge is -2.34. The minimum Gasteiger partial charge on any atom is -0.314 e. The molecule has 0 radical (unpaired) electrons. The van der Waals surface area contributed by atoms with Crippen LogP contribution in [0.3, 0.4) is 0 Å². The Kier molecular flexibility index (Phi) is 5.10. The Morgan fingerprint density at radius 3 is 2.54 bits per heavy atom. The molecule has 2 fully saturated rings.